The summed E-state index contributed by atoms with van der Waals surface area (Å²) >= 11 is 0. The van der Waals surface area contributed by atoms with E-state index in [9.17, 15) is 14.4 Å². The van der Waals surface area contributed by atoms with Crippen LogP contribution in [0.4, 0.5) is 4.79 Å². The zero-order valence-electron chi connectivity index (χ0n) is 26.2. The van der Waals surface area contributed by atoms with Gasteiger partial charge >= 0.3 is 12.1 Å². The number of esters is 1. The fraction of sp³-hybridized carbons (Fsp3) is 0.545. The smallest absolute Gasteiger partial charge is 0.407 e. The molecule has 0 heterocycles. The van der Waals surface area contributed by atoms with Gasteiger partial charge in [-0.25, -0.2) is 4.79 Å². The molecule has 0 radical (unpaired) electrons. The number of fused-ring (bicyclic) bond motifs is 3. The van der Waals surface area contributed by atoms with E-state index in [1.807, 2.05) is 45.0 Å². The molecule has 0 bridgehead atoms. The summed E-state index contributed by atoms with van der Waals surface area (Å²) in [6, 6.07) is 15.5. The zero-order chi connectivity index (χ0) is 31.8. The maximum Gasteiger partial charge on any atom is 0.407 e. The number of alkyl carbamates (subject to hydrolysis) is 1. The fourth-order valence-corrected chi connectivity index (χ4v) is 4.59. The first-order valence-corrected chi connectivity index (χ1v) is 15.1. The number of carbonyl (C=O) groups excluding carboxylic acids is 3. The molecule has 0 saturated carbocycles. The third-order valence-electron chi connectivity index (χ3n) is 6.60. The van der Waals surface area contributed by atoms with E-state index < -0.39 is 17.7 Å². The van der Waals surface area contributed by atoms with E-state index in [1.54, 1.807) is 6.92 Å². The molecule has 0 aromatic heterocycles. The van der Waals surface area contributed by atoms with Crippen molar-refractivity contribution in [3.8, 4) is 11.1 Å². The lowest BCUT2D eigenvalue weighted by Gasteiger charge is -2.19. The lowest BCUT2D eigenvalue weighted by atomic mass is 9.98. The summed E-state index contributed by atoms with van der Waals surface area (Å²) in [4.78, 5) is 36.4. The van der Waals surface area contributed by atoms with E-state index in [1.165, 1.54) is 0 Å². The number of hydrogen-bond donors (Lipinski definition) is 2. The van der Waals surface area contributed by atoms with Crippen LogP contribution < -0.4 is 10.6 Å². The Labute approximate surface area is 259 Å². The standard InChI is InChI=1S/C33H46N2O9/c1-24(35-32(38)43-23-29-27-11-7-5-9-25(27)26-10-6-8-12-28(26)29)31(37)34-14-16-40-18-20-42-22-21-41-19-17-39-15-13-30(36)44-33(2,3)4/h5-12,24,29H,13-23H2,1-4H3,(H,34,37)(H,35,38)/t24-/m0/s1. The van der Waals surface area contributed by atoms with Crippen LogP contribution in [0.15, 0.2) is 48.5 Å². The lowest BCUT2D eigenvalue weighted by Crippen LogP contribution is -2.46. The molecular formula is C33H46N2O9. The van der Waals surface area contributed by atoms with Crippen LogP contribution in [0, 0.1) is 0 Å². The van der Waals surface area contributed by atoms with E-state index in [-0.39, 0.29) is 30.8 Å². The van der Waals surface area contributed by atoms with Crippen LogP contribution in [-0.4, -0.2) is 95.6 Å². The molecule has 1 aliphatic carbocycles. The Hall–Kier alpha value is -3.51. The first-order chi connectivity index (χ1) is 21.2. The third kappa shape index (κ3) is 12.2. The molecule has 242 valence electrons. The molecule has 11 nitrogen and oxygen atoms in total. The summed E-state index contributed by atoms with van der Waals surface area (Å²) in [5, 5.41) is 5.32. The van der Waals surface area contributed by atoms with Crippen molar-refractivity contribution >= 4 is 18.0 Å². The van der Waals surface area contributed by atoms with Crippen LogP contribution in [0.5, 0.6) is 0 Å². The summed E-state index contributed by atoms with van der Waals surface area (Å²) in [5.41, 5.74) is 4.07. The monoisotopic (exact) mass is 614 g/mol. The van der Waals surface area contributed by atoms with Gasteiger partial charge in [0, 0.05) is 12.5 Å². The average Bonchev–Trinajstić information content (AvgIpc) is 3.30. The molecular weight excluding hydrogens is 568 g/mol. The van der Waals surface area contributed by atoms with Crippen molar-refractivity contribution < 1.29 is 42.8 Å². The molecule has 0 saturated heterocycles. The molecule has 0 spiro atoms. The highest BCUT2D eigenvalue weighted by Gasteiger charge is 2.29. The highest BCUT2D eigenvalue weighted by Crippen LogP contribution is 2.44. The maximum atomic E-state index is 12.4. The minimum Gasteiger partial charge on any atom is -0.460 e. The molecule has 2 aromatic carbocycles. The van der Waals surface area contributed by atoms with Crippen molar-refractivity contribution in [1.29, 1.82) is 0 Å². The average molecular weight is 615 g/mol. The van der Waals surface area contributed by atoms with E-state index >= 15 is 0 Å². The van der Waals surface area contributed by atoms with Gasteiger partial charge in [-0.1, -0.05) is 48.5 Å². The van der Waals surface area contributed by atoms with Gasteiger partial charge in [0.15, 0.2) is 0 Å². The number of benzene rings is 2. The number of rotatable bonds is 19. The van der Waals surface area contributed by atoms with Crippen LogP contribution in [-0.2, 0) is 38.0 Å². The molecule has 11 heteroatoms. The van der Waals surface area contributed by atoms with Gasteiger partial charge in [-0.2, -0.15) is 0 Å². The molecule has 0 fully saturated rings. The Kier molecular flexibility index (Phi) is 14.6. The minimum atomic E-state index is -0.760. The van der Waals surface area contributed by atoms with Crippen molar-refractivity contribution in [2.24, 2.45) is 0 Å². The molecule has 3 rings (SSSR count). The molecule has 0 aliphatic heterocycles. The van der Waals surface area contributed by atoms with Gasteiger partial charge in [-0.15, -0.1) is 0 Å². The maximum absolute atomic E-state index is 12.4. The summed E-state index contributed by atoms with van der Waals surface area (Å²) in [5.74, 6) is -0.660. The van der Waals surface area contributed by atoms with Gasteiger partial charge in [0.2, 0.25) is 5.91 Å². The van der Waals surface area contributed by atoms with Gasteiger partial charge in [0.25, 0.3) is 0 Å². The molecule has 44 heavy (non-hydrogen) atoms. The Morgan fingerprint density at radius 2 is 1.25 bits per heavy atom. The number of nitrogens with one attached hydrogen (secondary N) is 2. The van der Waals surface area contributed by atoms with Crippen LogP contribution >= 0.6 is 0 Å². The van der Waals surface area contributed by atoms with E-state index in [2.05, 4.69) is 34.9 Å². The third-order valence-corrected chi connectivity index (χ3v) is 6.60. The van der Waals surface area contributed by atoms with Gasteiger partial charge in [-0.05, 0) is 49.9 Å². The minimum absolute atomic E-state index is 0.0472. The van der Waals surface area contributed by atoms with Crippen LogP contribution in [0.2, 0.25) is 0 Å². The summed E-state index contributed by atoms with van der Waals surface area (Å²) in [6.45, 7) is 10.5. The molecule has 2 aromatic rings. The molecule has 1 aliphatic rings. The van der Waals surface area contributed by atoms with Gasteiger partial charge in [-0.3, -0.25) is 9.59 Å². The number of carbonyl (C=O) groups is 3. The largest absolute Gasteiger partial charge is 0.460 e. The van der Waals surface area contributed by atoms with E-state index in [0.29, 0.717) is 59.4 Å². The topological polar surface area (TPSA) is 131 Å². The predicted molar refractivity (Wildman–Crippen MR) is 164 cm³/mol. The Morgan fingerprint density at radius 3 is 1.80 bits per heavy atom. The van der Waals surface area contributed by atoms with Crippen LogP contribution in [0.25, 0.3) is 11.1 Å². The van der Waals surface area contributed by atoms with Crippen molar-refractivity contribution in [3.63, 3.8) is 0 Å². The van der Waals surface area contributed by atoms with Crippen molar-refractivity contribution in [2.75, 3.05) is 66.0 Å². The number of hydrogen-bond acceptors (Lipinski definition) is 9. The zero-order valence-corrected chi connectivity index (χ0v) is 26.2. The van der Waals surface area contributed by atoms with E-state index in [4.69, 9.17) is 28.4 Å². The summed E-state index contributed by atoms with van der Waals surface area (Å²) in [6.07, 6.45) is -0.432. The quantitative estimate of drug-likeness (QED) is 0.179. The second kappa shape index (κ2) is 18.3. The van der Waals surface area contributed by atoms with Gasteiger partial charge < -0.3 is 39.1 Å². The number of ether oxygens (including phenoxy) is 6. The van der Waals surface area contributed by atoms with Crippen molar-refractivity contribution in [2.45, 2.75) is 51.7 Å². The van der Waals surface area contributed by atoms with Crippen LogP contribution in [0.1, 0.15) is 51.2 Å². The highest BCUT2D eigenvalue weighted by molar-refractivity contribution is 5.85. The summed E-state index contributed by atoms with van der Waals surface area (Å²) < 4.78 is 32.4. The highest BCUT2D eigenvalue weighted by atomic mass is 16.6. The van der Waals surface area contributed by atoms with E-state index in [0.717, 1.165) is 22.3 Å². The van der Waals surface area contributed by atoms with Crippen molar-refractivity contribution in [1.82, 2.24) is 10.6 Å². The van der Waals surface area contributed by atoms with Gasteiger partial charge in [0.05, 0.1) is 59.3 Å². The molecule has 0 unspecified atom stereocenters. The lowest BCUT2D eigenvalue weighted by molar-refractivity contribution is -0.156. The second-order valence-corrected chi connectivity index (χ2v) is 11.3. The first-order valence-electron chi connectivity index (χ1n) is 15.1. The molecule has 1 atom stereocenters. The van der Waals surface area contributed by atoms with Crippen molar-refractivity contribution in [3.05, 3.63) is 59.7 Å². The Balaban J connectivity index is 1.14. The van der Waals surface area contributed by atoms with Gasteiger partial charge in [0.1, 0.15) is 18.2 Å². The summed E-state index contributed by atoms with van der Waals surface area (Å²) in [7, 11) is 0. The number of amides is 2. The normalized spacial score (nSPS) is 13.1. The first kappa shape index (κ1) is 35.0. The molecule has 2 amide bonds. The molecule has 2 N–H and O–H groups in total. The SMILES string of the molecule is C[C@H](NC(=O)OCC1c2ccccc2-c2ccccc21)C(=O)NCCOCCOCCOCCOCCC(=O)OC(C)(C)C. The Morgan fingerprint density at radius 1 is 0.750 bits per heavy atom. The Bertz CT molecular complexity index is 1150. The second-order valence-electron chi connectivity index (χ2n) is 11.3. The predicted octanol–water partition coefficient (Wildman–Crippen LogP) is 3.83. The van der Waals surface area contributed by atoms with Crippen LogP contribution in [0.3, 0.4) is 0 Å². The fourth-order valence-electron chi connectivity index (χ4n) is 4.59.